The molecule has 2 rings (SSSR count). The quantitative estimate of drug-likeness (QED) is 0.761. The largest absolute Gasteiger partial charge is 0.330 e. The molecule has 2 aromatic rings. The number of nitrogens with zero attached hydrogens (tertiary/aromatic N) is 3. The predicted octanol–water partition coefficient (Wildman–Crippen LogP) is 3.09. The van der Waals surface area contributed by atoms with E-state index in [1.807, 2.05) is 30.6 Å². The number of hydrogen-bond donors (Lipinski definition) is 1. The highest BCUT2D eigenvalue weighted by Gasteiger charge is 2.18. The van der Waals surface area contributed by atoms with E-state index < -0.39 is 0 Å². The average molecular weight is 298 g/mol. The summed E-state index contributed by atoms with van der Waals surface area (Å²) in [5.74, 6) is 0. The van der Waals surface area contributed by atoms with Gasteiger partial charge in [0.2, 0.25) is 0 Å². The molecule has 0 saturated heterocycles. The van der Waals surface area contributed by atoms with E-state index in [0.29, 0.717) is 0 Å². The summed E-state index contributed by atoms with van der Waals surface area (Å²) in [4.78, 5) is 11.5. The van der Waals surface area contributed by atoms with E-state index in [1.165, 1.54) is 5.56 Å². The zero-order chi connectivity index (χ0) is 15.8. The summed E-state index contributed by atoms with van der Waals surface area (Å²) in [7, 11) is 0. The van der Waals surface area contributed by atoms with Gasteiger partial charge < -0.3 is 5.73 Å². The monoisotopic (exact) mass is 298 g/mol. The van der Waals surface area contributed by atoms with Crippen molar-refractivity contribution in [2.24, 2.45) is 5.73 Å². The summed E-state index contributed by atoms with van der Waals surface area (Å²) >= 11 is 0. The number of aryl methyl sites for hydroxylation is 1. The lowest BCUT2D eigenvalue weighted by Gasteiger charge is -2.29. The number of hydrogen-bond acceptors (Lipinski definition) is 4. The van der Waals surface area contributed by atoms with Crippen molar-refractivity contribution >= 4 is 0 Å². The second-order valence-electron chi connectivity index (χ2n) is 5.66. The number of rotatable bonds is 8. The highest BCUT2D eigenvalue weighted by molar-refractivity contribution is 5.18. The molecule has 2 aromatic heterocycles. The maximum absolute atomic E-state index is 5.64. The van der Waals surface area contributed by atoms with Gasteiger partial charge in [0.15, 0.2) is 0 Å². The van der Waals surface area contributed by atoms with Crippen molar-refractivity contribution in [1.29, 1.82) is 0 Å². The summed E-state index contributed by atoms with van der Waals surface area (Å²) < 4.78 is 0. The molecule has 0 fully saturated rings. The average Bonchev–Trinajstić information content (AvgIpc) is 2.56. The van der Waals surface area contributed by atoms with Gasteiger partial charge in [-0.3, -0.25) is 14.9 Å². The molecule has 0 radical (unpaired) electrons. The molecule has 0 saturated carbocycles. The van der Waals surface area contributed by atoms with Crippen LogP contribution in [0.1, 0.15) is 42.8 Å². The highest BCUT2D eigenvalue weighted by atomic mass is 15.2. The van der Waals surface area contributed by atoms with E-state index in [2.05, 4.69) is 40.8 Å². The van der Waals surface area contributed by atoms with Gasteiger partial charge in [-0.1, -0.05) is 12.1 Å². The second-order valence-corrected chi connectivity index (χ2v) is 5.66. The first kappa shape index (κ1) is 16.6. The van der Waals surface area contributed by atoms with Crippen LogP contribution in [-0.2, 0) is 6.54 Å². The van der Waals surface area contributed by atoms with E-state index in [1.54, 1.807) is 0 Å². The lowest BCUT2D eigenvalue weighted by atomic mass is 10.1. The molecule has 0 spiro atoms. The Morgan fingerprint density at radius 2 is 1.91 bits per heavy atom. The molecule has 118 valence electrons. The molecule has 2 heterocycles. The number of nitrogens with two attached hydrogens (primary N) is 1. The summed E-state index contributed by atoms with van der Waals surface area (Å²) in [6.45, 7) is 6.92. The van der Waals surface area contributed by atoms with Crippen molar-refractivity contribution in [1.82, 2.24) is 14.9 Å². The van der Waals surface area contributed by atoms with E-state index in [4.69, 9.17) is 5.73 Å². The molecule has 22 heavy (non-hydrogen) atoms. The van der Waals surface area contributed by atoms with Crippen LogP contribution in [0, 0.1) is 6.92 Å². The van der Waals surface area contributed by atoms with Gasteiger partial charge in [0, 0.05) is 25.0 Å². The Labute approximate surface area is 133 Å². The minimum atomic E-state index is 0.264. The van der Waals surface area contributed by atoms with Crippen molar-refractivity contribution < 1.29 is 0 Å². The number of aromatic nitrogens is 2. The van der Waals surface area contributed by atoms with Gasteiger partial charge in [-0.2, -0.15) is 0 Å². The third-order valence-corrected chi connectivity index (χ3v) is 4.03. The number of pyridine rings is 2. The van der Waals surface area contributed by atoms with E-state index in [9.17, 15) is 0 Å². The normalized spacial score (nSPS) is 12.5. The van der Waals surface area contributed by atoms with Gasteiger partial charge >= 0.3 is 0 Å². The molecule has 0 aromatic carbocycles. The molecule has 1 atom stereocenters. The van der Waals surface area contributed by atoms with Crippen LogP contribution >= 0.6 is 0 Å². The third-order valence-electron chi connectivity index (χ3n) is 4.03. The Kier molecular flexibility index (Phi) is 6.49. The van der Waals surface area contributed by atoms with Crippen LogP contribution < -0.4 is 5.73 Å². The van der Waals surface area contributed by atoms with Crippen LogP contribution in [0.5, 0.6) is 0 Å². The molecular weight excluding hydrogens is 272 g/mol. The Morgan fingerprint density at radius 3 is 2.59 bits per heavy atom. The summed E-state index contributed by atoms with van der Waals surface area (Å²) in [6, 6.07) is 10.5. The van der Waals surface area contributed by atoms with Gasteiger partial charge in [-0.25, -0.2) is 0 Å². The number of unbranched alkanes of at least 4 members (excludes halogenated alkanes) is 1. The summed E-state index contributed by atoms with van der Waals surface area (Å²) in [5.41, 5.74) is 9.11. The van der Waals surface area contributed by atoms with E-state index >= 15 is 0 Å². The lowest BCUT2D eigenvalue weighted by Crippen LogP contribution is -2.29. The Morgan fingerprint density at radius 1 is 1.09 bits per heavy atom. The molecule has 0 amide bonds. The van der Waals surface area contributed by atoms with E-state index in [0.717, 1.165) is 43.9 Å². The first-order valence-electron chi connectivity index (χ1n) is 7.98. The molecule has 0 aliphatic heterocycles. The zero-order valence-corrected chi connectivity index (χ0v) is 13.6. The van der Waals surface area contributed by atoms with Crippen LogP contribution in [0.3, 0.4) is 0 Å². The first-order valence-corrected chi connectivity index (χ1v) is 7.98. The maximum Gasteiger partial charge on any atom is 0.0573 e. The summed E-state index contributed by atoms with van der Waals surface area (Å²) in [5, 5.41) is 0. The molecule has 4 nitrogen and oxygen atoms in total. The fourth-order valence-electron chi connectivity index (χ4n) is 2.56. The fourth-order valence-corrected chi connectivity index (χ4v) is 2.56. The van der Waals surface area contributed by atoms with Crippen LogP contribution in [0.15, 0.2) is 42.7 Å². The second kappa shape index (κ2) is 8.61. The van der Waals surface area contributed by atoms with Gasteiger partial charge in [0.1, 0.15) is 0 Å². The van der Waals surface area contributed by atoms with Crippen LogP contribution in [0.2, 0.25) is 0 Å². The molecule has 4 heteroatoms. The van der Waals surface area contributed by atoms with Crippen molar-refractivity contribution in [2.45, 2.75) is 39.3 Å². The zero-order valence-electron chi connectivity index (χ0n) is 13.6. The summed E-state index contributed by atoms with van der Waals surface area (Å²) in [6.07, 6.45) is 5.87. The Bertz CT molecular complexity index is 556. The Hall–Kier alpha value is -1.78. The molecule has 0 bridgehead atoms. The minimum absolute atomic E-state index is 0.264. The van der Waals surface area contributed by atoms with Gasteiger partial charge in [0.05, 0.1) is 11.4 Å². The van der Waals surface area contributed by atoms with Crippen LogP contribution in [-0.4, -0.2) is 28.0 Å². The molecule has 0 aliphatic rings. The van der Waals surface area contributed by atoms with Gasteiger partial charge in [-0.15, -0.1) is 0 Å². The standard InChI is InChI=1S/C18H26N4/c1-15-8-7-12-21-18(15)14-22(13-6-4-10-19)16(2)17-9-3-5-11-20-17/h3,5,7-9,11-12,16H,4,6,10,13-14,19H2,1-2H3/t16-/m0/s1. The topological polar surface area (TPSA) is 55.0 Å². The lowest BCUT2D eigenvalue weighted by molar-refractivity contribution is 0.191. The van der Waals surface area contributed by atoms with Crippen molar-refractivity contribution in [3.8, 4) is 0 Å². The van der Waals surface area contributed by atoms with Crippen LogP contribution in [0.25, 0.3) is 0 Å². The molecule has 2 N–H and O–H groups in total. The molecule has 0 aliphatic carbocycles. The van der Waals surface area contributed by atoms with Crippen molar-refractivity contribution in [3.63, 3.8) is 0 Å². The third kappa shape index (κ3) is 4.61. The smallest absolute Gasteiger partial charge is 0.0573 e. The first-order chi connectivity index (χ1) is 10.7. The fraction of sp³-hybridized carbons (Fsp3) is 0.444. The van der Waals surface area contributed by atoms with Gasteiger partial charge in [0.25, 0.3) is 0 Å². The highest BCUT2D eigenvalue weighted by Crippen LogP contribution is 2.21. The molecular formula is C18H26N4. The Balaban J connectivity index is 2.13. The van der Waals surface area contributed by atoms with E-state index in [-0.39, 0.29) is 6.04 Å². The van der Waals surface area contributed by atoms with Crippen molar-refractivity contribution in [2.75, 3.05) is 13.1 Å². The maximum atomic E-state index is 5.64. The van der Waals surface area contributed by atoms with Crippen LogP contribution in [0.4, 0.5) is 0 Å². The van der Waals surface area contributed by atoms with Gasteiger partial charge in [-0.05, 0) is 63.5 Å². The predicted molar refractivity (Wildman–Crippen MR) is 90.3 cm³/mol. The molecule has 0 unspecified atom stereocenters. The van der Waals surface area contributed by atoms with Crippen molar-refractivity contribution in [3.05, 3.63) is 59.7 Å². The SMILES string of the molecule is Cc1cccnc1CN(CCCCN)[C@@H](C)c1ccccn1. The minimum Gasteiger partial charge on any atom is -0.330 e.